The zero-order valence-electron chi connectivity index (χ0n) is 86.4. The molecule has 4 aliphatic carbocycles. The summed E-state index contributed by atoms with van der Waals surface area (Å²) < 4.78 is 79.2. The zero-order chi connectivity index (χ0) is 96.8. The van der Waals surface area contributed by atoms with E-state index in [9.17, 15) is 49.2 Å². The summed E-state index contributed by atoms with van der Waals surface area (Å²) in [5.74, 6) is -7.70. The molecule has 22 atom stereocenters. The molecule has 0 aromatic heterocycles. The van der Waals surface area contributed by atoms with Crippen molar-refractivity contribution in [2.75, 3.05) is 13.2 Å². The fourth-order valence-corrected chi connectivity index (χ4v) is 34.2. The summed E-state index contributed by atoms with van der Waals surface area (Å²) in [7, 11) is -9.65. The third-order valence-electron chi connectivity index (χ3n) is 32.6. The summed E-state index contributed by atoms with van der Waals surface area (Å²) in [5.41, 5.74) is -12.5. The Hall–Kier alpha value is -4.39. The Morgan fingerprint density at radius 2 is 0.808 bits per heavy atom. The second kappa shape index (κ2) is 45.9. The van der Waals surface area contributed by atoms with E-state index in [0.29, 0.717) is 17.4 Å². The van der Waals surface area contributed by atoms with E-state index in [2.05, 4.69) is 111 Å². The van der Waals surface area contributed by atoms with Crippen LogP contribution in [0.15, 0.2) is 83.0 Å². The Balaban J connectivity index is 0.000000536. The van der Waals surface area contributed by atoms with Crippen LogP contribution >= 0.6 is 0 Å². The van der Waals surface area contributed by atoms with Crippen molar-refractivity contribution in [1.82, 2.24) is 0 Å². The van der Waals surface area contributed by atoms with E-state index in [1.54, 1.807) is 137 Å². The molecule has 6 fully saturated rings. The van der Waals surface area contributed by atoms with E-state index in [0.717, 1.165) is 85.4 Å². The minimum absolute atomic E-state index is 0. The number of ketones is 2. The van der Waals surface area contributed by atoms with Gasteiger partial charge < -0.3 is 77.5 Å². The normalized spacial score (nSPS) is 31.1. The predicted molar refractivity (Wildman–Crippen MR) is 512 cm³/mol. The van der Waals surface area contributed by atoms with Crippen molar-refractivity contribution in [3.8, 4) is 0 Å². The standard InChI is InChI=1S/C50H84O12Si2.C50H80O12Si2.B.Na.H/c2*1-17-63(18-2,19-3)61-37-29-38-50(30-57-38,60-35(12)51)42-44(59-45(54)36-26-24-23-25-27-36)49(16,56)47(13,14)39(40(52)43(53)48(37,42)15)33(10)34(11)58-46(55)41(32(9)28-31(7)8)62-64(20-4,21-5)22-6;;;/h23-27,31-32,34,37-38,40-44,52-53,56H,17-22,28-30H2,1-16H3;23-27,31-32,34,37-38,41-42,44,56H,17-22,28-30H2,1-16H3;;;/q;;;+1;-1/b2*39-33-;;;/t32-,34-,37-,38+,40-,41?,42-,43-,44-,48+,49+,50-;32-,34-,37-,38+,41?,42-,44-,48+,49+,50-;;;/m00.../s1. The number of carbonyl (C=O) groups is 8. The molecular formula is C100H165BNaO24Si4. The first kappa shape index (κ1) is 116. The van der Waals surface area contributed by atoms with Crippen LogP contribution in [0.1, 0.15) is 269 Å². The van der Waals surface area contributed by atoms with E-state index in [4.69, 9.17) is 55.6 Å². The molecule has 2 aliphatic heterocycles. The van der Waals surface area contributed by atoms with Gasteiger partial charge in [0.1, 0.15) is 66.1 Å². The minimum atomic E-state index is -2.57. The molecule has 4 saturated carbocycles. The number of aliphatic hydroxyl groups excluding tert-OH is 2. The Kier molecular flexibility index (Phi) is 41.0. The molecule has 2 unspecified atom stereocenters. The number of benzene rings is 2. The fourth-order valence-electron chi connectivity index (χ4n) is 22.6. The van der Waals surface area contributed by atoms with Gasteiger partial charge >= 0.3 is 65.4 Å². The number of hydrogen-bond acceptors (Lipinski definition) is 24. The molecule has 2 heterocycles. The first-order chi connectivity index (χ1) is 59.6. The second-order valence-corrected chi connectivity index (χ2v) is 59.9. The van der Waals surface area contributed by atoms with Gasteiger partial charge in [0, 0.05) is 56.9 Å². The first-order valence-corrected chi connectivity index (χ1v) is 58.3. The van der Waals surface area contributed by atoms with Gasteiger partial charge in [-0.3, -0.25) is 19.2 Å². The summed E-state index contributed by atoms with van der Waals surface area (Å²) >= 11 is 0. The number of carbonyl (C=O) groups excluding carboxylic acids is 8. The second-order valence-electron chi connectivity index (χ2n) is 41.0. The first-order valence-electron chi connectivity index (χ1n) is 48.2. The van der Waals surface area contributed by atoms with E-state index < -0.39 is 210 Å². The summed E-state index contributed by atoms with van der Waals surface area (Å²) in [4.78, 5) is 116. The third kappa shape index (κ3) is 22.5. The Bertz CT molecular complexity index is 4190. The van der Waals surface area contributed by atoms with Crippen LogP contribution in [0.2, 0.25) is 72.5 Å². The largest absolute Gasteiger partial charge is 1.00 e. The molecule has 130 heavy (non-hydrogen) atoms. The number of hydrogen-bond donors (Lipinski definition) is 4. The number of aliphatic hydroxyl groups is 4. The average molecular weight is 1900 g/mol. The van der Waals surface area contributed by atoms with Crippen LogP contribution in [0.25, 0.3) is 0 Å². The van der Waals surface area contributed by atoms with E-state index in [-0.39, 0.29) is 105 Å². The minimum Gasteiger partial charge on any atom is -1.00 e. The van der Waals surface area contributed by atoms with Crippen LogP contribution in [-0.4, -0.2) is 218 Å². The quantitative estimate of drug-likeness (QED) is 0.0121. The Labute approximate surface area is 808 Å². The topological polar surface area (TPSA) is 328 Å². The molecule has 3 radical (unpaired) electrons. The Morgan fingerprint density at radius 3 is 1.15 bits per heavy atom. The maximum Gasteiger partial charge on any atom is 1.00 e. The van der Waals surface area contributed by atoms with Gasteiger partial charge in [-0.1, -0.05) is 196 Å². The van der Waals surface area contributed by atoms with Crippen molar-refractivity contribution in [2.45, 2.75) is 415 Å². The van der Waals surface area contributed by atoms with Gasteiger partial charge in [0.05, 0.1) is 59.9 Å². The number of Topliss-reactive ketones (excluding diaryl/α,β-unsaturated/α-hetero) is 2. The number of rotatable bonds is 38. The van der Waals surface area contributed by atoms with Gasteiger partial charge in [-0.25, -0.2) is 19.2 Å². The SMILES string of the molecule is CC[Si](CC)(CC)OC(C(=O)O[C@@H](C)/C(C)=C1/C(=O)C(=O)[C@]2(C)[C@@H](O[Si](CC)(CC)CC)C[C@H]3OC[C@@]3(OC(C)=O)[C@H]2[C@H](OC(=O)c2ccccc2)[C@@](C)(O)C1(C)C)[C@@H](C)CC(C)C.CC[Si](CC)(CC)OC(C(=O)O[C@@H](C)/C(C)=C1/[C@H](O)[C@H](O)[C@]2(C)[C@@H](O[Si](CC)(CC)CC)C[C@H]3OC[C@@]3(OC(C)=O)[C@H]2[C@H](OC(=O)c2ccccc2)[C@@](C)(O)C1(C)C)[C@@H](C)CC(C)C.[B].[H-].[Na+]. The van der Waals surface area contributed by atoms with Crippen molar-refractivity contribution in [3.05, 3.63) is 94.1 Å². The zero-order valence-corrected chi connectivity index (χ0v) is 91.4. The van der Waals surface area contributed by atoms with Gasteiger partial charge in [0.2, 0.25) is 11.6 Å². The molecule has 4 N–H and O–H groups in total. The van der Waals surface area contributed by atoms with E-state index in [1.165, 1.54) is 20.8 Å². The predicted octanol–water partition coefficient (Wildman–Crippen LogP) is 15.5. The van der Waals surface area contributed by atoms with Crippen molar-refractivity contribution >= 4 is 89.1 Å². The van der Waals surface area contributed by atoms with Crippen LogP contribution in [0.5, 0.6) is 0 Å². The number of ether oxygens (including phenoxy) is 8. The van der Waals surface area contributed by atoms with Crippen LogP contribution in [0.4, 0.5) is 0 Å². The number of fused-ring (bicyclic) bond motifs is 6. The molecular weight excluding hydrogens is 1730 g/mol. The maximum absolute atomic E-state index is 15.9. The van der Waals surface area contributed by atoms with Crippen molar-refractivity contribution in [1.29, 1.82) is 0 Å². The molecule has 8 rings (SSSR count). The smallest absolute Gasteiger partial charge is 1.00 e. The molecule has 2 aromatic carbocycles. The van der Waals surface area contributed by atoms with Crippen LogP contribution in [0.3, 0.4) is 0 Å². The molecule has 0 spiro atoms. The van der Waals surface area contributed by atoms with Gasteiger partial charge in [-0.15, -0.1) is 0 Å². The fraction of sp³-hybridized carbons (Fsp3) is 0.760. The van der Waals surface area contributed by atoms with Gasteiger partial charge in [-0.2, -0.15) is 0 Å². The number of esters is 6. The monoisotopic (exact) mass is 1900 g/mol. The van der Waals surface area contributed by atoms with Crippen LogP contribution in [0, 0.1) is 57.2 Å². The molecule has 24 nitrogen and oxygen atoms in total. The van der Waals surface area contributed by atoms with Crippen LogP contribution in [-0.2, 0) is 84.4 Å². The maximum atomic E-state index is 15.9. The summed E-state index contributed by atoms with van der Waals surface area (Å²) in [6.45, 7) is 60.0. The molecule has 0 amide bonds. The third-order valence-corrected chi connectivity index (χ3v) is 51.2. The summed E-state index contributed by atoms with van der Waals surface area (Å²) in [6, 6.07) is 26.3. The molecule has 0 bridgehead atoms. The molecule has 30 heteroatoms. The Morgan fingerprint density at radius 1 is 0.477 bits per heavy atom. The van der Waals surface area contributed by atoms with Crippen molar-refractivity contribution < 1.29 is 145 Å². The molecule has 2 saturated heterocycles. The molecule has 729 valence electrons. The average Bonchev–Trinajstić information content (AvgIpc) is 0.676. The summed E-state index contributed by atoms with van der Waals surface area (Å²) in [6.07, 6.45) is -11.5. The summed E-state index contributed by atoms with van der Waals surface area (Å²) in [5, 5.41) is 53.3. The van der Waals surface area contributed by atoms with Crippen molar-refractivity contribution in [2.24, 2.45) is 57.2 Å². The van der Waals surface area contributed by atoms with E-state index in [1.807, 2.05) is 13.8 Å². The van der Waals surface area contributed by atoms with Crippen molar-refractivity contribution in [3.63, 3.8) is 0 Å². The molecule has 6 aliphatic rings. The van der Waals surface area contributed by atoms with Crippen LogP contribution < -0.4 is 29.6 Å². The van der Waals surface area contributed by atoms with Gasteiger partial charge in [0.15, 0.2) is 44.5 Å². The van der Waals surface area contributed by atoms with Gasteiger partial charge in [0.25, 0.3) is 0 Å². The van der Waals surface area contributed by atoms with Gasteiger partial charge in [-0.05, 0) is 198 Å². The molecule has 2 aromatic rings. The van der Waals surface area contributed by atoms with E-state index >= 15 is 9.59 Å².